The van der Waals surface area contributed by atoms with Crippen LogP contribution < -0.4 is 5.32 Å². The third-order valence-corrected chi connectivity index (χ3v) is 5.27. The van der Waals surface area contributed by atoms with Crippen molar-refractivity contribution in [3.05, 3.63) is 69.2 Å². The Labute approximate surface area is 164 Å². The molecule has 26 heavy (non-hydrogen) atoms. The molecule has 1 aliphatic carbocycles. The van der Waals surface area contributed by atoms with Gasteiger partial charge in [0, 0.05) is 5.92 Å². The van der Waals surface area contributed by atoms with Crippen molar-refractivity contribution in [2.24, 2.45) is 0 Å². The molecule has 0 heterocycles. The fourth-order valence-corrected chi connectivity index (χ4v) is 3.77. The van der Waals surface area contributed by atoms with Crippen molar-refractivity contribution in [3.63, 3.8) is 0 Å². The first-order valence-corrected chi connectivity index (χ1v) is 9.53. The largest absolute Gasteiger partial charge is 0.444 e. The maximum Gasteiger partial charge on any atom is 0.408 e. The zero-order valence-corrected chi connectivity index (χ0v) is 16.7. The molecule has 2 unspecified atom stereocenters. The molecule has 3 nitrogen and oxygen atoms in total. The maximum atomic E-state index is 12.2. The number of halogens is 2. The first-order valence-electron chi connectivity index (χ1n) is 8.78. The fraction of sp³-hybridized carbons (Fsp3) is 0.381. The van der Waals surface area contributed by atoms with E-state index in [0.29, 0.717) is 10.0 Å². The number of ether oxygens (including phenoxy) is 1. The number of carbonyl (C=O) groups is 1. The van der Waals surface area contributed by atoms with Gasteiger partial charge < -0.3 is 10.1 Å². The van der Waals surface area contributed by atoms with Crippen LogP contribution in [0.4, 0.5) is 4.79 Å². The number of fused-ring (bicyclic) bond motifs is 1. The Hall–Kier alpha value is -1.71. The van der Waals surface area contributed by atoms with Gasteiger partial charge in [0.1, 0.15) is 5.60 Å². The molecule has 138 valence electrons. The average Bonchev–Trinajstić information content (AvgIpc) is 2.56. The monoisotopic (exact) mass is 391 g/mol. The molecule has 0 fully saturated rings. The molecule has 5 heteroatoms. The highest BCUT2D eigenvalue weighted by molar-refractivity contribution is 6.42. The highest BCUT2D eigenvalue weighted by Crippen LogP contribution is 2.42. The number of amides is 1. The third-order valence-electron chi connectivity index (χ3n) is 4.53. The molecule has 2 aromatic carbocycles. The van der Waals surface area contributed by atoms with Crippen molar-refractivity contribution >= 4 is 29.3 Å². The van der Waals surface area contributed by atoms with Crippen LogP contribution in [0, 0.1) is 0 Å². The molecule has 2 aromatic rings. The molecule has 2 atom stereocenters. The first-order chi connectivity index (χ1) is 12.2. The Bertz CT molecular complexity index is 814. The Morgan fingerprint density at radius 3 is 2.38 bits per heavy atom. The van der Waals surface area contributed by atoms with E-state index in [0.717, 1.165) is 24.0 Å². The topological polar surface area (TPSA) is 38.3 Å². The third kappa shape index (κ3) is 4.33. The van der Waals surface area contributed by atoms with E-state index >= 15 is 0 Å². The van der Waals surface area contributed by atoms with E-state index < -0.39 is 5.60 Å². The number of rotatable bonds is 2. The van der Waals surface area contributed by atoms with Crippen LogP contribution in [0.5, 0.6) is 0 Å². The van der Waals surface area contributed by atoms with E-state index in [2.05, 4.69) is 17.4 Å². The average molecular weight is 392 g/mol. The molecular formula is C21H23Cl2NO2. The lowest BCUT2D eigenvalue weighted by Gasteiger charge is -2.33. The molecule has 0 aliphatic heterocycles. The standard InChI is InChI=1S/C21H23Cl2NO2/c1-21(2,3)26-20(25)24-19-11-9-14(15-6-4-5-7-16(15)19)13-8-10-17(22)18(23)12-13/h4-8,10,12,14,19H,9,11H2,1-3H3,(H,24,25). The summed E-state index contributed by atoms with van der Waals surface area (Å²) in [6, 6.07) is 14.0. The molecule has 1 aliphatic rings. The highest BCUT2D eigenvalue weighted by atomic mass is 35.5. The van der Waals surface area contributed by atoms with E-state index in [1.165, 1.54) is 5.56 Å². The number of hydrogen-bond acceptors (Lipinski definition) is 2. The van der Waals surface area contributed by atoms with E-state index in [-0.39, 0.29) is 18.1 Å². The van der Waals surface area contributed by atoms with Crippen LogP contribution in [0.15, 0.2) is 42.5 Å². The Balaban J connectivity index is 1.86. The van der Waals surface area contributed by atoms with Gasteiger partial charge in [-0.2, -0.15) is 0 Å². The SMILES string of the molecule is CC(C)(C)OC(=O)NC1CCC(c2ccc(Cl)c(Cl)c2)c2ccccc21. The minimum atomic E-state index is -0.513. The summed E-state index contributed by atoms with van der Waals surface area (Å²) in [5, 5.41) is 4.14. The molecule has 1 amide bonds. The van der Waals surface area contributed by atoms with E-state index in [1.54, 1.807) is 0 Å². The second-order valence-electron chi connectivity index (χ2n) is 7.63. The molecule has 0 radical (unpaired) electrons. The minimum Gasteiger partial charge on any atom is -0.444 e. The lowest BCUT2D eigenvalue weighted by molar-refractivity contribution is 0.0498. The van der Waals surface area contributed by atoms with Gasteiger partial charge in [-0.1, -0.05) is 53.5 Å². The normalized spacial score (nSPS) is 19.6. The number of carbonyl (C=O) groups excluding carboxylic acids is 1. The molecule has 3 rings (SSSR count). The smallest absolute Gasteiger partial charge is 0.408 e. The van der Waals surface area contributed by atoms with Crippen LogP contribution in [0.1, 0.15) is 62.3 Å². The molecule has 0 saturated carbocycles. The molecule has 0 aromatic heterocycles. The zero-order valence-electron chi connectivity index (χ0n) is 15.2. The van der Waals surface area contributed by atoms with Gasteiger partial charge in [-0.25, -0.2) is 4.79 Å². The highest BCUT2D eigenvalue weighted by Gasteiger charge is 2.30. The summed E-state index contributed by atoms with van der Waals surface area (Å²) < 4.78 is 5.41. The molecular weight excluding hydrogens is 369 g/mol. The molecule has 0 bridgehead atoms. The van der Waals surface area contributed by atoms with Crippen molar-refractivity contribution in [2.45, 2.75) is 51.2 Å². The van der Waals surface area contributed by atoms with Gasteiger partial charge in [-0.3, -0.25) is 0 Å². The van der Waals surface area contributed by atoms with E-state index in [4.69, 9.17) is 27.9 Å². The van der Waals surface area contributed by atoms with Crippen LogP contribution in [0.2, 0.25) is 10.0 Å². The van der Waals surface area contributed by atoms with Gasteiger partial charge in [0.25, 0.3) is 0 Å². The van der Waals surface area contributed by atoms with Crippen LogP contribution in [-0.2, 0) is 4.74 Å². The first kappa shape index (κ1) is 19.1. The van der Waals surface area contributed by atoms with Crippen LogP contribution in [0.3, 0.4) is 0 Å². The summed E-state index contributed by atoms with van der Waals surface area (Å²) in [7, 11) is 0. The van der Waals surface area contributed by atoms with Gasteiger partial charge in [-0.15, -0.1) is 0 Å². The predicted molar refractivity (Wildman–Crippen MR) is 106 cm³/mol. The number of hydrogen-bond donors (Lipinski definition) is 1. The van der Waals surface area contributed by atoms with Crippen LogP contribution in [0.25, 0.3) is 0 Å². The van der Waals surface area contributed by atoms with E-state index in [1.807, 2.05) is 51.1 Å². The van der Waals surface area contributed by atoms with Crippen LogP contribution in [-0.4, -0.2) is 11.7 Å². The number of alkyl carbamates (subject to hydrolysis) is 1. The van der Waals surface area contributed by atoms with Crippen molar-refractivity contribution in [1.82, 2.24) is 5.32 Å². The minimum absolute atomic E-state index is 0.0555. The summed E-state index contributed by atoms with van der Waals surface area (Å²) >= 11 is 12.3. The summed E-state index contributed by atoms with van der Waals surface area (Å²) in [4.78, 5) is 12.2. The lowest BCUT2D eigenvalue weighted by atomic mass is 9.77. The van der Waals surface area contributed by atoms with Gasteiger partial charge in [0.05, 0.1) is 16.1 Å². The summed E-state index contributed by atoms with van der Waals surface area (Å²) in [6.45, 7) is 5.59. The van der Waals surface area contributed by atoms with Gasteiger partial charge >= 0.3 is 6.09 Å². The summed E-state index contributed by atoms with van der Waals surface area (Å²) in [5.74, 6) is 0.234. The maximum absolute atomic E-state index is 12.2. The van der Waals surface area contributed by atoms with E-state index in [9.17, 15) is 4.79 Å². The van der Waals surface area contributed by atoms with Gasteiger partial charge in [-0.05, 0) is 62.4 Å². The molecule has 0 saturated heterocycles. The second-order valence-corrected chi connectivity index (χ2v) is 8.45. The quantitative estimate of drug-likeness (QED) is 0.635. The Morgan fingerprint density at radius 1 is 1.04 bits per heavy atom. The number of nitrogens with one attached hydrogen (secondary N) is 1. The van der Waals surface area contributed by atoms with Crippen molar-refractivity contribution in [1.29, 1.82) is 0 Å². The lowest BCUT2D eigenvalue weighted by Crippen LogP contribution is -2.36. The fourth-order valence-electron chi connectivity index (χ4n) is 3.46. The Kier molecular flexibility index (Phi) is 5.50. The van der Waals surface area contributed by atoms with Gasteiger partial charge in [0.2, 0.25) is 0 Å². The zero-order chi connectivity index (χ0) is 18.9. The van der Waals surface area contributed by atoms with Crippen molar-refractivity contribution < 1.29 is 9.53 Å². The van der Waals surface area contributed by atoms with Crippen LogP contribution >= 0.6 is 23.2 Å². The van der Waals surface area contributed by atoms with Crippen molar-refractivity contribution in [2.75, 3.05) is 0 Å². The van der Waals surface area contributed by atoms with Gasteiger partial charge in [0.15, 0.2) is 0 Å². The molecule has 0 spiro atoms. The Morgan fingerprint density at radius 2 is 1.73 bits per heavy atom. The predicted octanol–water partition coefficient (Wildman–Crippen LogP) is 6.48. The molecule has 1 N–H and O–H groups in total. The second kappa shape index (κ2) is 7.50. The van der Waals surface area contributed by atoms with Crippen molar-refractivity contribution in [3.8, 4) is 0 Å². The summed E-state index contributed by atoms with van der Waals surface area (Å²) in [6.07, 6.45) is 1.36. The number of benzene rings is 2. The summed E-state index contributed by atoms with van der Waals surface area (Å²) in [5.41, 5.74) is 2.96.